The van der Waals surface area contributed by atoms with Gasteiger partial charge in [-0.3, -0.25) is 9.59 Å². The maximum Gasteiger partial charge on any atom is 0.251 e. The topological polar surface area (TPSA) is 84.2 Å². The second kappa shape index (κ2) is 8.42. The van der Waals surface area contributed by atoms with Crippen LogP contribution in [-0.2, 0) is 11.2 Å². The summed E-state index contributed by atoms with van der Waals surface area (Å²) >= 11 is 0. The van der Waals surface area contributed by atoms with Crippen molar-refractivity contribution in [3.63, 3.8) is 0 Å². The molecule has 2 amide bonds. The fraction of sp³-hybridized carbons (Fsp3) is 0.500. The molecule has 0 heterocycles. The fourth-order valence-electron chi connectivity index (χ4n) is 1.79. The number of benzene rings is 1. The SMILES string of the molecule is CC(C)CNC(=O)C(C)NC(=O)c1ccc(CCN)cc1. The Kier molecular flexibility index (Phi) is 6.88. The summed E-state index contributed by atoms with van der Waals surface area (Å²) < 4.78 is 0. The highest BCUT2D eigenvalue weighted by atomic mass is 16.2. The van der Waals surface area contributed by atoms with Crippen LogP contribution >= 0.6 is 0 Å². The summed E-state index contributed by atoms with van der Waals surface area (Å²) in [6.45, 7) is 6.90. The lowest BCUT2D eigenvalue weighted by molar-refractivity contribution is -0.122. The molecule has 0 saturated carbocycles. The van der Waals surface area contributed by atoms with Gasteiger partial charge in [0, 0.05) is 12.1 Å². The van der Waals surface area contributed by atoms with Crippen molar-refractivity contribution in [3.8, 4) is 0 Å². The van der Waals surface area contributed by atoms with E-state index in [0.29, 0.717) is 24.6 Å². The van der Waals surface area contributed by atoms with E-state index in [4.69, 9.17) is 5.73 Å². The Bertz CT molecular complexity index is 469. The van der Waals surface area contributed by atoms with Gasteiger partial charge in [0.15, 0.2) is 0 Å². The molecule has 0 aromatic heterocycles. The Morgan fingerprint density at radius 1 is 1.14 bits per heavy atom. The minimum absolute atomic E-state index is 0.170. The van der Waals surface area contributed by atoms with Gasteiger partial charge in [0.2, 0.25) is 5.91 Å². The molecule has 0 aliphatic carbocycles. The number of rotatable bonds is 7. The summed E-state index contributed by atoms with van der Waals surface area (Å²) in [5, 5.41) is 5.49. The Labute approximate surface area is 126 Å². The lowest BCUT2D eigenvalue weighted by Crippen LogP contribution is -2.45. The Morgan fingerprint density at radius 2 is 1.76 bits per heavy atom. The van der Waals surface area contributed by atoms with Crippen molar-refractivity contribution in [3.05, 3.63) is 35.4 Å². The van der Waals surface area contributed by atoms with Crippen LogP contribution in [0.25, 0.3) is 0 Å². The molecule has 0 fully saturated rings. The zero-order valence-corrected chi connectivity index (χ0v) is 13.0. The van der Waals surface area contributed by atoms with Gasteiger partial charge in [-0.2, -0.15) is 0 Å². The highest BCUT2D eigenvalue weighted by Crippen LogP contribution is 2.05. The Balaban J connectivity index is 2.53. The van der Waals surface area contributed by atoms with Crippen LogP contribution in [0.3, 0.4) is 0 Å². The molecule has 1 unspecified atom stereocenters. The molecule has 1 atom stereocenters. The van der Waals surface area contributed by atoms with Crippen LogP contribution in [-0.4, -0.2) is 30.9 Å². The summed E-state index contributed by atoms with van der Waals surface area (Å²) in [6, 6.07) is 6.70. The third-order valence-electron chi connectivity index (χ3n) is 3.07. The number of hydrogen-bond acceptors (Lipinski definition) is 3. The first-order valence-electron chi connectivity index (χ1n) is 7.31. The number of nitrogens with two attached hydrogens (primary N) is 1. The van der Waals surface area contributed by atoms with E-state index in [1.54, 1.807) is 19.1 Å². The molecule has 4 N–H and O–H groups in total. The molecule has 0 radical (unpaired) electrons. The van der Waals surface area contributed by atoms with Crippen LogP contribution in [0.5, 0.6) is 0 Å². The van der Waals surface area contributed by atoms with Crippen LogP contribution in [0.2, 0.25) is 0 Å². The summed E-state index contributed by atoms with van der Waals surface area (Å²) in [6.07, 6.45) is 0.788. The van der Waals surface area contributed by atoms with Gasteiger partial charge in [-0.25, -0.2) is 0 Å². The molecule has 0 aliphatic rings. The van der Waals surface area contributed by atoms with E-state index in [1.807, 2.05) is 26.0 Å². The normalized spacial score (nSPS) is 12.0. The first-order chi connectivity index (χ1) is 9.93. The molecule has 5 nitrogen and oxygen atoms in total. The Morgan fingerprint density at radius 3 is 2.29 bits per heavy atom. The van der Waals surface area contributed by atoms with E-state index >= 15 is 0 Å². The number of hydrogen-bond donors (Lipinski definition) is 3. The van der Waals surface area contributed by atoms with Crippen molar-refractivity contribution in [2.75, 3.05) is 13.1 Å². The summed E-state index contributed by atoms with van der Waals surface area (Å²) in [4.78, 5) is 23.9. The third kappa shape index (κ3) is 5.95. The molecule has 0 saturated heterocycles. The van der Waals surface area contributed by atoms with Gasteiger partial charge in [-0.15, -0.1) is 0 Å². The van der Waals surface area contributed by atoms with E-state index in [-0.39, 0.29) is 11.8 Å². The largest absolute Gasteiger partial charge is 0.354 e. The minimum atomic E-state index is -0.556. The van der Waals surface area contributed by atoms with Crippen molar-refractivity contribution in [1.29, 1.82) is 0 Å². The highest BCUT2D eigenvalue weighted by Gasteiger charge is 2.16. The molecule has 1 aromatic rings. The summed E-state index contributed by atoms with van der Waals surface area (Å²) in [5.41, 5.74) is 7.12. The summed E-state index contributed by atoms with van der Waals surface area (Å²) in [5.74, 6) is -0.0368. The van der Waals surface area contributed by atoms with Crippen molar-refractivity contribution < 1.29 is 9.59 Å². The quantitative estimate of drug-likeness (QED) is 0.703. The van der Waals surface area contributed by atoms with Crippen LogP contribution in [0.4, 0.5) is 0 Å². The van der Waals surface area contributed by atoms with E-state index in [0.717, 1.165) is 12.0 Å². The average Bonchev–Trinajstić information content (AvgIpc) is 2.45. The number of carbonyl (C=O) groups is 2. The predicted molar refractivity (Wildman–Crippen MR) is 84.0 cm³/mol. The fourth-order valence-corrected chi connectivity index (χ4v) is 1.79. The lowest BCUT2D eigenvalue weighted by Gasteiger charge is -2.15. The molecule has 116 valence electrons. The van der Waals surface area contributed by atoms with E-state index < -0.39 is 6.04 Å². The minimum Gasteiger partial charge on any atom is -0.354 e. The Hall–Kier alpha value is -1.88. The average molecular weight is 291 g/mol. The van der Waals surface area contributed by atoms with Crippen molar-refractivity contribution in [1.82, 2.24) is 10.6 Å². The second-order valence-corrected chi connectivity index (χ2v) is 5.57. The first kappa shape index (κ1) is 17.2. The van der Waals surface area contributed by atoms with Gasteiger partial charge in [0.25, 0.3) is 5.91 Å². The van der Waals surface area contributed by atoms with E-state index in [2.05, 4.69) is 10.6 Å². The maximum absolute atomic E-state index is 12.1. The maximum atomic E-state index is 12.1. The molecule has 1 rings (SSSR count). The van der Waals surface area contributed by atoms with Crippen LogP contribution in [0.1, 0.15) is 36.7 Å². The molecular formula is C16H25N3O2. The molecule has 5 heteroatoms. The highest BCUT2D eigenvalue weighted by molar-refractivity contribution is 5.97. The van der Waals surface area contributed by atoms with Crippen LogP contribution in [0, 0.1) is 5.92 Å². The third-order valence-corrected chi connectivity index (χ3v) is 3.07. The molecular weight excluding hydrogens is 266 g/mol. The monoisotopic (exact) mass is 291 g/mol. The van der Waals surface area contributed by atoms with Gasteiger partial charge in [0.05, 0.1) is 0 Å². The van der Waals surface area contributed by atoms with Gasteiger partial charge in [-0.1, -0.05) is 26.0 Å². The lowest BCUT2D eigenvalue weighted by atomic mass is 10.1. The molecule has 0 aliphatic heterocycles. The zero-order chi connectivity index (χ0) is 15.8. The molecule has 0 spiro atoms. The number of carbonyl (C=O) groups excluding carboxylic acids is 2. The smallest absolute Gasteiger partial charge is 0.251 e. The first-order valence-corrected chi connectivity index (χ1v) is 7.31. The molecule has 1 aromatic carbocycles. The predicted octanol–water partition coefficient (Wildman–Crippen LogP) is 1.08. The van der Waals surface area contributed by atoms with Gasteiger partial charge in [-0.05, 0) is 43.5 Å². The second-order valence-electron chi connectivity index (χ2n) is 5.57. The standard InChI is InChI=1S/C16H25N3O2/c1-11(2)10-18-15(20)12(3)19-16(21)14-6-4-13(5-7-14)8-9-17/h4-7,11-12H,8-10,17H2,1-3H3,(H,18,20)(H,19,21). The van der Waals surface area contributed by atoms with E-state index in [1.165, 1.54) is 0 Å². The van der Waals surface area contributed by atoms with E-state index in [9.17, 15) is 9.59 Å². The van der Waals surface area contributed by atoms with Gasteiger partial charge >= 0.3 is 0 Å². The van der Waals surface area contributed by atoms with Gasteiger partial charge < -0.3 is 16.4 Å². The van der Waals surface area contributed by atoms with Gasteiger partial charge in [0.1, 0.15) is 6.04 Å². The number of amides is 2. The molecule has 21 heavy (non-hydrogen) atoms. The van der Waals surface area contributed by atoms with Crippen LogP contribution in [0.15, 0.2) is 24.3 Å². The van der Waals surface area contributed by atoms with Crippen molar-refractivity contribution in [2.24, 2.45) is 11.7 Å². The number of nitrogens with one attached hydrogen (secondary N) is 2. The van der Waals surface area contributed by atoms with Crippen molar-refractivity contribution >= 4 is 11.8 Å². The zero-order valence-electron chi connectivity index (χ0n) is 13.0. The van der Waals surface area contributed by atoms with Crippen molar-refractivity contribution in [2.45, 2.75) is 33.2 Å². The summed E-state index contributed by atoms with van der Waals surface area (Å²) in [7, 11) is 0. The van der Waals surface area contributed by atoms with Crippen LogP contribution < -0.4 is 16.4 Å². The molecule has 0 bridgehead atoms.